The molecule has 4 N–H and O–H groups in total. The molecule has 0 saturated carbocycles. The van der Waals surface area contributed by atoms with Crippen molar-refractivity contribution < 1.29 is 19.4 Å². The van der Waals surface area contributed by atoms with E-state index in [1.165, 1.54) is 0 Å². The first-order valence-electron chi connectivity index (χ1n) is 9.87. The Balaban J connectivity index is 2.08. The lowest BCUT2D eigenvalue weighted by Gasteiger charge is -2.22. The lowest BCUT2D eigenvalue weighted by Crippen LogP contribution is -2.36. The van der Waals surface area contributed by atoms with Crippen molar-refractivity contribution in [2.75, 3.05) is 33.1 Å². The van der Waals surface area contributed by atoms with E-state index >= 15 is 0 Å². The van der Waals surface area contributed by atoms with E-state index in [4.69, 9.17) is 15.2 Å². The molecular weight excluding hydrogens is 462 g/mol. The van der Waals surface area contributed by atoms with Crippen molar-refractivity contribution in [1.29, 1.82) is 0 Å². The number of carbonyl (C=O) groups excluding carboxylic acids is 1. The first-order valence-corrected chi connectivity index (χ1v) is 10.7. The second kappa shape index (κ2) is 9.20. The number of methoxy groups -OCH3 is 2. The Labute approximate surface area is 190 Å². The molecule has 0 bridgehead atoms. The maximum Gasteiger partial charge on any atom is 0.267 e. The van der Waals surface area contributed by atoms with Crippen LogP contribution in [0.3, 0.4) is 0 Å². The highest BCUT2D eigenvalue weighted by Crippen LogP contribution is 2.36. The van der Waals surface area contributed by atoms with Crippen LogP contribution in [0.15, 0.2) is 40.9 Å². The van der Waals surface area contributed by atoms with Gasteiger partial charge in [-0.1, -0.05) is 29.8 Å². The molecule has 0 fully saturated rings. The Morgan fingerprint density at radius 1 is 1.19 bits per heavy atom. The number of aliphatic hydroxyl groups is 1. The first kappa shape index (κ1) is 23.0. The summed E-state index contributed by atoms with van der Waals surface area (Å²) >= 11 is 3.52. The summed E-state index contributed by atoms with van der Waals surface area (Å²) < 4.78 is 13.8. The molecule has 0 aliphatic heterocycles. The highest BCUT2D eigenvalue weighted by molar-refractivity contribution is 9.10. The van der Waals surface area contributed by atoms with Crippen molar-refractivity contribution in [2.45, 2.75) is 20.4 Å². The molecule has 0 saturated heterocycles. The number of aromatic nitrogens is 1. The highest BCUT2D eigenvalue weighted by atomic mass is 79.9. The summed E-state index contributed by atoms with van der Waals surface area (Å²) in [5, 5.41) is 13.3. The van der Waals surface area contributed by atoms with Gasteiger partial charge in [0.25, 0.3) is 5.91 Å². The van der Waals surface area contributed by atoms with E-state index < -0.39 is 5.41 Å². The summed E-state index contributed by atoms with van der Waals surface area (Å²) in [6.45, 7) is 4.49. The number of amides is 1. The molecule has 7 nitrogen and oxygen atoms in total. The molecular formula is C23H28BrN3O4. The SMILES string of the molecule is COc1cc(Br)cc(Cn2c(C(=O)NCC(C)(C)CO)cc3cc(N)ccc32)c1OC. The number of nitrogens with two attached hydrogens (primary N) is 1. The molecule has 0 aliphatic carbocycles. The minimum absolute atomic E-state index is 0.0260. The summed E-state index contributed by atoms with van der Waals surface area (Å²) in [5.41, 5.74) is 8.40. The molecule has 3 rings (SSSR count). The molecule has 0 aliphatic rings. The Morgan fingerprint density at radius 3 is 2.58 bits per heavy atom. The molecule has 8 heteroatoms. The Kier molecular flexibility index (Phi) is 6.81. The van der Waals surface area contributed by atoms with Gasteiger partial charge >= 0.3 is 0 Å². The highest BCUT2D eigenvalue weighted by Gasteiger charge is 2.22. The zero-order valence-electron chi connectivity index (χ0n) is 18.2. The third-order valence-corrected chi connectivity index (χ3v) is 5.62. The van der Waals surface area contributed by atoms with Crippen LogP contribution in [0.1, 0.15) is 29.9 Å². The van der Waals surface area contributed by atoms with Gasteiger partial charge in [0, 0.05) is 45.2 Å². The van der Waals surface area contributed by atoms with Crippen molar-refractivity contribution in [3.63, 3.8) is 0 Å². The normalized spacial score (nSPS) is 11.5. The fraction of sp³-hybridized carbons (Fsp3) is 0.348. The van der Waals surface area contributed by atoms with Gasteiger partial charge in [-0.15, -0.1) is 0 Å². The number of aliphatic hydroxyl groups excluding tert-OH is 1. The molecule has 0 atom stereocenters. The van der Waals surface area contributed by atoms with Gasteiger partial charge in [-0.2, -0.15) is 0 Å². The summed E-state index contributed by atoms with van der Waals surface area (Å²) in [7, 11) is 3.18. The van der Waals surface area contributed by atoms with Gasteiger partial charge in [0.15, 0.2) is 11.5 Å². The van der Waals surface area contributed by atoms with Gasteiger partial charge < -0.3 is 30.2 Å². The van der Waals surface area contributed by atoms with Crippen LogP contribution >= 0.6 is 15.9 Å². The number of halogens is 1. The van der Waals surface area contributed by atoms with Gasteiger partial charge in [-0.05, 0) is 36.4 Å². The van der Waals surface area contributed by atoms with Crippen LogP contribution in [-0.4, -0.2) is 43.0 Å². The minimum Gasteiger partial charge on any atom is -0.493 e. The Bertz CT molecular complexity index is 1110. The van der Waals surface area contributed by atoms with E-state index in [1.807, 2.05) is 54.8 Å². The summed E-state index contributed by atoms with van der Waals surface area (Å²) in [6, 6.07) is 11.2. The molecule has 3 aromatic rings. The zero-order valence-corrected chi connectivity index (χ0v) is 19.7. The molecule has 0 radical (unpaired) electrons. The van der Waals surface area contributed by atoms with Crippen LogP contribution in [0.5, 0.6) is 11.5 Å². The second-order valence-corrected chi connectivity index (χ2v) is 9.16. The molecule has 1 amide bonds. The van der Waals surface area contributed by atoms with Gasteiger partial charge in [-0.25, -0.2) is 0 Å². The van der Waals surface area contributed by atoms with Gasteiger partial charge in [0.05, 0.1) is 20.8 Å². The molecule has 0 unspecified atom stereocenters. The Hall–Kier alpha value is -2.71. The third-order valence-electron chi connectivity index (χ3n) is 5.16. The van der Waals surface area contributed by atoms with Crippen LogP contribution in [0.25, 0.3) is 10.9 Å². The molecule has 31 heavy (non-hydrogen) atoms. The number of rotatable bonds is 8. The zero-order chi connectivity index (χ0) is 22.8. The smallest absolute Gasteiger partial charge is 0.267 e. The summed E-state index contributed by atoms with van der Waals surface area (Å²) in [4.78, 5) is 13.1. The van der Waals surface area contributed by atoms with Gasteiger partial charge in [0.1, 0.15) is 5.69 Å². The van der Waals surface area contributed by atoms with Crippen LogP contribution in [0.2, 0.25) is 0 Å². The monoisotopic (exact) mass is 489 g/mol. The summed E-state index contributed by atoms with van der Waals surface area (Å²) in [6.07, 6.45) is 0. The minimum atomic E-state index is -0.419. The van der Waals surface area contributed by atoms with Crippen molar-refractivity contribution >= 4 is 38.4 Å². The van der Waals surface area contributed by atoms with E-state index in [0.717, 1.165) is 20.9 Å². The predicted molar refractivity (Wildman–Crippen MR) is 126 cm³/mol. The van der Waals surface area contributed by atoms with Crippen molar-refractivity contribution in [3.05, 3.63) is 52.1 Å². The molecule has 2 aromatic carbocycles. The fourth-order valence-electron chi connectivity index (χ4n) is 3.41. The van der Waals surface area contributed by atoms with Crippen molar-refractivity contribution in [3.8, 4) is 11.5 Å². The number of fused-ring (bicyclic) bond motifs is 1. The molecule has 0 spiro atoms. The standard InChI is InChI=1S/C23H28BrN3O4/c1-23(2,13-28)12-26-22(29)19-9-14-8-17(25)5-6-18(14)27(19)11-15-7-16(24)10-20(30-3)21(15)31-4/h5-10,28H,11-13,25H2,1-4H3,(H,26,29). The van der Waals surface area contributed by atoms with Crippen LogP contribution in [-0.2, 0) is 6.54 Å². The van der Waals surface area contributed by atoms with Crippen LogP contribution < -0.4 is 20.5 Å². The fourth-order valence-corrected chi connectivity index (χ4v) is 3.89. The molecule has 166 valence electrons. The number of nitrogens with zero attached hydrogens (tertiary/aromatic N) is 1. The Morgan fingerprint density at radius 2 is 1.94 bits per heavy atom. The maximum absolute atomic E-state index is 13.1. The average Bonchev–Trinajstić information content (AvgIpc) is 3.09. The van der Waals surface area contributed by atoms with Crippen LogP contribution in [0.4, 0.5) is 5.69 Å². The topological polar surface area (TPSA) is 98.7 Å². The van der Waals surface area contributed by atoms with Crippen LogP contribution in [0, 0.1) is 5.41 Å². The summed E-state index contributed by atoms with van der Waals surface area (Å²) in [5.74, 6) is 0.983. The lowest BCUT2D eigenvalue weighted by molar-refractivity contribution is 0.0902. The number of carbonyl (C=O) groups is 1. The van der Waals surface area contributed by atoms with Crippen molar-refractivity contribution in [1.82, 2.24) is 9.88 Å². The van der Waals surface area contributed by atoms with E-state index in [2.05, 4.69) is 21.2 Å². The maximum atomic E-state index is 13.1. The van der Waals surface area contributed by atoms with Gasteiger partial charge in [0.2, 0.25) is 0 Å². The number of hydrogen-bond donors (Lipinski definition) is 3. The third kappa shape index (κ3) is 4.97. The van der Waals surface area contributed by atoms with E-state index in [0.29, 0.717) is 36.0 Å². The number of hydrogen-bond acceptors (Lipinski definition) is 5. The van der Waals surface area contributed by atoms with E-state index in [1.54, 1.807) is 14.2 Å². The lowest BCUT2D eigenvalue weighted by atomic mass is 9.95. The first-order chi connectivity index (χ1) is 14.7. The van der Waals surface area contributed by atoms with E-state index in [9.17, 15) is 9.90 Å². The largest absolute Gasteiger partial charge is 0.493 e. The number of ether oxygens (including phenoxy) is 2. The number of nitrogen functional groups attached to an aromatic ring is 1. The van der Waals surface area contributed by atoms with Gasteiger partial charge in [-0.3, -0.25) is 4.79 Å². The second-order valence-electron chi connectivity index (χ2n) is 8.24. The number of benzene rings is 2. The quantitative estimate of drug-likeness (QED) is 0.418. The molecule has 1 heterocycles. The number of anilines is 1. The predicted octanol–water partition coefficient (Wildman–Crippen LogP) is 3.80. The van der Waals surface area contributed by atoms with Crippen molar-refractivity contribution in [2.24, 2.45) is 5.41 Å². The number of nitrogens with one attached hydrogen (secondary N) is 1. The average molecular weight is 490 g/mol. The van der Waals surface area contributed by atoms with E-state index in [-0.39, 0.29) is 12.5 Å². The molecule has 1 aromatic heterocycles.